The van der Waals surface area contributed by atoms with Crippen LogP contribution in [0.25, 0.3) is 0 Å². The van der Waals surface area contributed by atoms with Gasteiger partial charge >= 0.3 is 5.97 Å². The predicted molar refractivity (Wildman–Crippen MR) is 83.3 cm³/mol. The maximum atomic E-state index is 11.6. The van der Waals surface area contributed by atoms with Gasteiger partial charge in [-0.3, -0.25) is 9.69 Å². The summed E-state index contributed by atoms with van der Waals surface area (Å²) in [5.74, 6) is -2.31. The fraction of sp³-hybridized carbons (Fsp3) is 0.500. The first-order valence-corrected chi connectivity index (χ1v) is 8.80. The molecule has 0 amide bonds. The SMILES string of the molecule is CC(C)N(CCS(=O)(=O)CC(=O)O)Cc1cccc(Cl)c1. The van der Waals surface area contributed by atoms with Crippen LogP contribution in [0.2, 0.25) is 5.02 Å². The number of carbonyl (C=O) groups is 1. The van der Waals surface area contributed by atoms with Crippen LogP contribution in [0, 0.1) is 0 Å². The maximum Gasteiger partial charge on any atom is 0.318 e. The van der Waals surface area contributed by atoms with Crippen LogP contribution in [0.1, 0.15) is 19.4 Å². The molecule has 0 atom stereocenters. The summed E-state index contributed by atoms with van der Waals surface area (Å²) in [6.45, 7) is 4.79. The first-order valence-electron chi connectivity index (χ1n) is 6.60. The van der Waals surface area contributed by atoms with Gasteiger partial charge in [-0.15, -0.1) is 0 Å². The molecular weight excluding hydrogens is 314 g/mol. The van der Waals surface area contributed by atoms with Crippen molar-refractivity contribution >= 4 is 27.4 Å². The molecule has 0 radical (unpaired) electrons. The molecule has 7 heteroatoms. The lowest BCUT2D eigenvalue weighted by atomic mass is 10.2. The standard InChI is InChI=1S/C14H20ClNO4S/c1-11(2)16(6-7-21(19,20)10-14(17)18)9-12-4-3-5-13(15)8-12/h3-5,8,11H,6-7,9-10H2,1-2H3,(H,17,18). The Balaban J connectivity index is 2.69. The molecule has 1 rings (SSSR count). The van der Waals surface area contributed by atoms with Crippen LogP contribution in [0.3, 0.4) is 0 Å². The minimum atomic E-state index is -3.58. The van der Waals surface area contributed by atoms with Gasteiger partial charge in [0.05, 0.1) is 5.75 Å². The van der Waals surface area contributed by atoms with E-state index in [-0.39, 0.29) is 11.8 Å². The van der Waals surface area contributed by atoms with Crippen molar-refractivity contribution in [3.8, 4) is 0 Å². The Morgan fingerprint density at radius 1 is 1.38 bits per heavy atom. The molecule has 21 heavy (non-hydrogen) atoms. The van der Waals surface area contributed by atoms with E-state index in [4.69, 9.17) is 16.7 Å². The zero-order valence-electron chi connectivity index (χ0n) is 12.1. The van der Waals surface area contributed by atoms with E-state index in [1.54, 1.807) is 6.07 Å². The molecule has 0 fully saturated rings. The summed E-state index contributed by atoms with van der Waals surface area (Å²) < 4.78 is 23.3. The van der Waals surface area contributed by atoms with Gasteiger partial charge in [-0.25, -0.2) is 8.42 Å². The summed E-state index contributed by atoms with van der Waals surface area (Å²) in [5.41, 5.74) is 0.992. The monoisotopic (exact) mass is 333 g/mol. The first-order chi connectivity index (χ1) is 9.69. The Labute approximate surface area is 130 Å². The highest BCUT2D eigenvalue weighted by atomic mass is 35.5. The van der Waals surface area contributed by atoms with Crippen LogP contribution in [0.5, 0.6) is 0 Å². The van der Waals surface area contributed by atoms with E-state index in [1.807, 2.05) is 36.9 Å². The van der Waals surface area contributed by atoms with Crippen molar-refractivity contribution in [1.82, 2.24) is 4.90 Å². The lowest BCUT2D eigenvalue weighted by Gasteiger charge is -2.26. The number of hydrogen-bond acceptors (Lipinski definition) is 4. The molecule has 0 aromatic heterocycles. The Morgan fingerprint density at radius 3 is 2.57 bits per heavy atom. The quantitative estimate of drug-likeness (QED) is 0.788. The molecule has 0 aliphatic heterocycles. The Morgan fingerprint density at radius 2 is 2.05 bits per heavy atom. The van der Waals surface area contributed by atoms with Gasteiger partial charge in [0.2, 0.25) is 0 Å². The van der Waals surface area contributed by atoms with Gasteiger partial charge in [0.15, 0.2) is 9.84 Å². The highest BCUT2D eigenvalue weighted by Crippen LogP contribution is 2.14. The van der Waals surface area contributed by atoms with Crippen LogP contribution in [0.15, 0.2) is 24.3 Å². The van der Waals surface area contributed by atoms with Gasteiger partial charge in [-0.2, -0.15) is 0 Å². The topological polar surface area (TPSA) is 74.7 Å². The summed E-state index contributed by atoms with van der Waals surface area (Å²) in [6.07, 6.45) is 0. The third kappa shape index (κ3) is 6.93. The number of nitrogens with zero attached hydrogens (tertiary/aromatic N) is 1. The number of carboxylic acids is 1. The third-order valence-corrected chi connectivity index (χ3v) is 4.76. The van der Waals surface area contributed by atoms with Gasteiger partial charge in [-0.1, -0.05) is 23.7 Å². The normalized spacial score (nSPS) is 12.0. The second-order valence-electron chi connectivity index (χ2n) is 5.18. The molecule has 0 spiro atoms. The number of hydrogen-bond donors (Lipinski definition) is 1. The molecular formula is C14H20ClNO4S. The van der Waals surface area contributed by atoms with Crippen LogP contribution >= 0.6 is 11.6 Å². The smallest absolute Gasteiger partial charge is 0.318 e. The van der Waals surface area contributed by atoms with Crippen LogP contribution < -0.4 is 0 Å². The molecule has 0 aliphatic carbocycles. The van der Waals surface area contributed by atoms with E-state index in [1.165, 1.54) is 0 Å². The second kappa shape index (κ2) is 7.77. The largest absolute Gasteiger partial charge is 0.480 e. The Bertz CT molecular complexity index is 586. The molecule has 1 N–H and O–H groups in total. The van der Waals surface area contributed by atoms with Crippen molar-refractivity contribution in [3.63, 3.8) is 0 Å². The summed E-state index contributed by atoms with van der Waals surface area (Å²) in [6, 6.07) is 7.53. The minimum Gasteiger partial charge on any atom is -0.480 e. The molecule has 0 aliphatic rings. The summed E-state index contributed by atoms with van der Waals surface area (Å²) in [7, 11) is -3.58. The molecule has 0 unspecified atom stereocenters. The number of halogens is 1. The van der Waals surface area contributed by atoms with Gasteiger partial charge in [0, 0.05) is 24.2 Å². The average Bonchev–Trinajstić information content (AvgIpc) is 2.32. The van der Waals surface area contributed by atoms with Crippen LogP contribution in [0.4, 0.5) is 0 Å². The molecule has 0 saturated carbocycles. The van der Waals surface area contributed by atoms with Crippen molar-refractivity contribution in [2.75, 3.05) is 18.1 Å². The summed E-state index contributed by atoms with van der Waals surface area (Å²) in [5, 5.41) is 9.22. The molecule has 1 aromatic rings. The van der Waals surface area contributed by atoms with E-state index in [0.29, 0.717) is 18.1 Å². The van der Waals surface area contributed by atoms with Crippen molar-refractivity contribution < 1.29 is 18.3 Å². The predicted octanol–water partition coefficient (Wildman–Crippen LogP) is 2.05. The third-order valence-electron chi connectivity index (χ3n) is 3.04. The molecule has 0 heterocycles. The maximum absolute atomic E-state index is 11.6. The number of benzene rings is 1. The van der Waals surface area contributed by atoms with E-state index in [9.17, 15) is 13.2 Å². The molecule has 1 aromatic carbocycles. The summed E-state index contributed by atoms with van der Waals surface area (Å²) >= 11 is 5.94. The molecule has 118 valence electrons. The molecule has 0 saturated heterocycles. The van der Waals surface area contributed by atoms with Crippen molar-refractivity contribution in [2.24, 2.45) is 0 Å². The van der Waals surface area contributed by atoms with Gasteiger partial charge in [0.1, 0.15) is 5.75 Å². The number of sulfone groups is 1. The molecule has 5 nitrogen and oxygen atoms in total. The van der Waals surface area contributed by atoms with E-state index >= 15 is 0 Å². The molecule has 0 bridgehead atoms. The summed E-state index contributed by atoms with van der Waals surface area (Å²) in [4.78, 5) is 12.5. The van der Waals surface area contributed by atoms with E-state index in [0.717, 1.165) is 5.56 Å². The van der Waals surface area contributed by atoms with Gasteiger partial charge < -0.3 is 5.11 Å². The zero-order chi connectivity index (χ0) is 16.0. The average molecular weight is 334 g/mol. The van der Waals surface area contributed by atoms with Crippen molar-refractivity contribution in [2.45, 2.75) is 26.4 Å². The van der Waals surface area contributed by atoms with Crippen molar-refractivity contribution in [1.29, 1.82) is 0 Å². The van der Waals surface area contributed by atoms with E-state index in [2.05, 4.69) is 0 Å². The Hall–Kier alpha value is -1.11. The number of aliphatic carboxylic acids is 1. The lowest BCUT2D eigenvalue weighted by Crippen LogP contribution is -2.35. The second-order valence-corrected chi connectivity index (χ2v) is 7.80. The van der Waals surface area contributed by atoms with Crippen LogP contribution in [-0.2, 0) is 21.2 Å². The van der Waals surface area contributed by atoms with Crippen LogP contribution in [-0.4, -0.2) is 48.5 Å². The highest BCUT2D eigenvalue weighted by molar-refractivity contribution is 7.92. The van der Waals surface area contributed by atoms with Gasteiger partial charge in [0.25, 0.3) is 0 Å². The lowest BCUT2D eigenvalue weighted by molar-refractivity contribution is -0.134. The fourth-order valence-electron chi connectivity index (χ4n) is 1.91. The van der Waals surface area contributed by atoms with Crippen molar-refractivity contribution in [3.05, 3.63) is 34.9 Å². The Kier molecular flexibility index (Phi) is 6.64. The first kappa shape index (κ1) is 17.9. The minimum absolute atomic E-state index is 0.143. The number of carboxylic acid groups (broad SMARTS) is 1. The van der Waals surface area contributed by atoms with Gasteiger partial charge in [-0.05, 0) is 31.5 Å². The number of rotatable bonds is 8. The highest BCUT2D eigenvalue weighted by Gasteiger charge is 2.19. The van der Waals surface area contributed by atoms with E-state index < -0.39 is 21.6 Å². The zero-order valence-corrected chi connectivity index (χ0v) is 13.7. The fourth-order valence-corrected chi connectivity index (χ4v) is 3.15.